The van der Waals surface area contributed by atoms with Crippen LogP contribution in [0.15, 0.2) is 18.2 Å². The fourth-order valence-electron chi connectivity index (χ4n) is 3.68. The fourth-order valence-corrected chi connectivity index (χ4v) is 3.68. The molecule has 1 aromatic carbocycles. The van der Waals surface area contributed by atoms with Crippen LogP contribution in [0, 0.1) is 6.92 Å². The molecule has 0 saturated carbocycles. The van der Waals surface area contributed by atoms with Crippen molar-refractivity contribution < 1.29 is 9.84 Å². The third-order valence-electron chi connectivity index (χ3n) is 4.85. The van der Waals surface area contributed by atoms with Gasteiger partial charge in [-0.3, -0.25) is 9.80 Å². The van der Waals surface area contributed by atoms with Gasteiger partial charge >= 0.3 is 0 Å². The van der Waals surface area contributed by atoms with E-state index in [1.165, 1.54) is 19.4 Å². The molecule has 2 aliphatic rings. The number of nitrogens with zero attached hydrogens (tertiary/aromatic N) is 2. The number of fused-ring (bicyclic) bond motifs is 1. The highest BCUT2D eigenvalue weighted by atomic mass is 16.5. The number of methoxy groups -OCH3 is 1. The molecule has 4 heteroatoms. The fraction of sp³-hybridized carbons (Fsp3) is 0.647. The Bertz CT molecular complexity index is 492. The van der Waals surface area contributed by atoms with Gasteiger partial charge in [0.25, 0.3) is 0 Å². The summed E-state index contributed by atoms with van der Waals surface area (Å²) < 4.78 is 5.39. The van der Waals surface area contributed by atoms with Crippen LogP contribution in [0.5, 0.6) is 5.75 Å². The summed E-state index contributed by atoms with van der Waals surface area (Å²) in [6.45, 7) is 7.29. The number of rotatable bonds is 4. The van der Waals surface area contributed by atoms with Gasteiger partial charge in [0.05, 0.1) is 13.2 Å². The summed E-state index contributed by atoms with van der Waals surface area (Å²) in [5, 5.41) is 10.6. The summed E-state index contributed by atoms with van der Waals surface area (Å²) in [4.78, 5) is 5.00. The Hall–Kier alpha value is -1.10. The standard InChI is InChI=1S/C17H26N2O2/c1-13-5-6-17(21-2)15(10-13)16(20)12-18-8-9-19-7-3-4-14(19)11-18/h5-6,10,14,16,20H,3-4,7-9,11-12H2,1-2H3. The van der Waals surface area contributed by atoms with Crippen molar-refractivity contribution in [2.24, 2.45) is 0 Å². The SMILES string of the molecule is COc1ccc(C)cc1C(O)CN1CCN2CCCC2C1. The van der Waals surface area contributed by atoms with Crippen molar-refractivity contribution in [2.75, 3.05) is 39.8 Å². The number of hydrogen-bond acceptors (Lipinski definition) is 4. The lowest BCUT2D eigenvalue weighted by Crippen LogP contribution is -2.50. The van der Waals surface area contributed by atoms with Gasteiger partial charge in [0.15, 0.2) is 0 Å². The Kier molecular flexibility index (Phi) is 4.48. The van der Waals surface area contributed by atoms with E-state index < -0.39 is 6.10 Å². The number of β-amino-alcohol motifs (C(OH)–C–C–N with tert-alkyl or cyclic N) is 1. The first-order valence-corrected chi connectivity index (χ1v) is 7.96. The van der Waals surface area contributed by atoms with Crippen molar-refractivity contribution in [3.8, 4) is 5.75 Å². The number of ether oxygens (including phenoxy) is 1. The predicted octanol–water partition coefficient (Wildman–Crippen LogP) is 1.82. The average Bonchev–Trinajstić information content (AvgIpc) is 2.94. The van der Waals surface area contributed by atoms with E-state index in [2.05, 4.69) is 9.80 Å². The molecule has 2 atom stereocenters. The van der Waals surface area contributed by atoms with Gasteiger partial charge in [-0.15, -0.1) is 0 Å². The van der Waals surface area contributed by atoms with E-state index in [4.69, 9.17) is 4.74 Å². The third kappa shape index (κ3) is 3.23. The van der Waals surface area contributed by atoms with Crippen molar-refractivity contribution >= 4 is 0 Å². The van der Waals surface area contributed by atoms with Crippen LogP contribution in [0.4, 0.5) is 0 Å². The summed E-state index contributed by atoms with van der Waals surface area (Å²) in [6.07, 6.45) is 2.15. The minimum Gasteiger partial charge on any atom is -0.496 e. The van der Waals surface area contributed by atoms with E-state index >= 15 is 0 Å². The summed E-state index contributed by atoms with van der Waals surface area (Å²) in [7, 11) is 1.66. The second-order valence-corrected chi connectivity index (χ2v) is 6.35. The Balaban J connectivity index is 1.66. The van der Waals surface area contributed by atoms with Crippen LogP contribution in [-0.4, -0.2) is 60.8 Å². The lowest BCUT2D eigenvalue weighted by Gasteiger charge is -2.38. The molecule has 116 valence electrons. The lowest BCUT2D eigenvalue weighted by atomic mass is 10.0. The first-order chi connectivity index (χ1) is 10.2. The topological polar surface area (TPSA) is 35.9 Å². The first-order valence-electron chi connectivity index (χ1n) is 7.96. The van der Waals surface area contributed by atoms with Crippen molar-refractivity contribution in [3.05, 3.63) is 29.3 Å². The third-order valence-corrected chi connectivity index (χ3v) is 4.85. The molecule has 4 nitrogen and oxygen atoms in total. The monoisotopic (exact) mass is 290 g/mol. The van der Waals surface area contributed by atoms with Gasteiger partial charge in [-0.1, -0.05) is 11.6 Å². The number of aliphatic hydroxyl groups is 1. The summed E-state index contributed by atoms with van der Waals surface area (Å²) in [5.41, 5.74) is 2.07. The van der Waals surface area contributed by atoms with E-state index in [1.54, 1.807) is 7.11 Å². The smallest absolute Gasteiger partial charge is 0.124 e. The minimum absolute atomic E-state index is 0.479. The van der Waals surface area contributed by atoms with Gasteiger partial charge in [0.1, 0.15) is 5.75 Å². The Morgan fingerprint density at radius 2 is 2.19 bits per heavy atom. The molecule has 21 heavy (non-hydrogen) atoms. The quantitative estimate of drug-likeness (QED) is 0.917. The molecule has 2 aliphatic heterocycles. The summed E-state index contributed by atoms with van der Waals surface area (Å²) in [5.74, 6) is 0.785. The van der Waals surface area contributed by atoms with Gasteiger partial charge in [0.2, 0.25) is 0 Å². The first kappa shape index (κ1) is 14.8. The minimum atomic E-state index is -0.479. The van der Waals surface area contributed by atoms with Gasteiger partial charge in [-0.2, -0.15) is 0 Å². The van der Waals surface area contributed by atoms with E-state index in [1.807, 2.05) is 25.1 Å². The highest BCUT2D eigenvalue weighted by Gasteiger charge is 2.31. The largest absolute Gasteiger partial charge is 0.496 e. The molecular formula is C17H26N2O2. The van der Waals surface area contributed by atoms with Crippen molar-refractivity contribution in [2.45, 2.75) is 31.9 Å². The maximum absolute atomic E-state index is 10.6. The van der Waals surface area contributed by atoms with E-state index in [9.17, 15) is 5.11 Å². The summed E-state index contributed by atoms with van der Waals surface area (Å²) >= 11 is 0. The zero-order valence-corrected chi connectivity index (χ0v) is 13.1. The molecule has 0 spiro atoms. The molecule has 2 unspecified atom stereocenters. The van der Waals surface area contributed by atoms with Crippen molar-refractivity contribution in [1.82, 2.24) is 9.80 Å². The van der Waals surface area contributed by atoms with Crippen LogP contribution in [-0.2, 0) is 0 Å². The molecular weight excluding hydrogens is 264 g/mol. The Morgan fingerprint density at radius 1 is 1.33 bits per heavy atom. The van der Waals surface area contributed by atoms with E-state index in [0.717, 1.165) is 36.5 Å². The highest BCUT2D eigenvalue weighted by molar-refractivity contribution is 5.38. The zero-order valence-electron chi connectivity index (χ0n) is 13.1. The molecule has 0 aliphatic carbocycles. The van der Waals surface area contributed by atoms with Crippen LogP contribution < -0.4 is 4.74 Å². The molecule has 1 N–H and O–H groups in total. The lowest BCUT2D eigenvalue weighted by molar-refractivity contribution is 0.0557. The molecule has 1 aromatic rings. The molecule has 0 aromatic heterocycles. The van der Waals surface area contributed by atoms with Gasteiger partial charge in [-0.05, 0) is 38.4 Å². The van der Waals surface area contributed by atoms with Crippen LogP contribution in [0.3, 0.4) is 0 Å². The molecule has 0 radical (unpaired) electrons. The Morgan fingerprint density at radius 3 is 3.00 bits per heavy atom. The molecule has 2 heterocycles. The van der Waals surface area contributed by atoms with Crippen LogP contribution in [0.2, 0.25) is 0 Å². The van der Waals surface area contributed by atoms with E-state index in [-0.39, 0.29) is 0 Å². The van der Waals surface area contributed by atoms with Gasteiger partial charge in [-0.25, -0.2) is 0 Å². The molecule has 0 amide bonds. The summed E-state index contributed by atoms with van der Waals surface area (Å²) in [6, 6.07) is 6.70. The molecule has 0 bridgehead atoms. The maximum atomic E-state index is 10.6. The number of aryl methyl sites for hydroxylation is 1. The molecule has 2 fully saturated rings. The van der Waals surface area contributed by atoms with Gasteiger partial charge < -0.3 is 9.84 Å². The highest BCUT2D eigenvalue weighted by Crippen LogP contribution is 2.28. The van der Waals surface area contributed by atoms with Crippen LogP contribution in [0.1, 0.15) is 30.1 Å². The van der Waals surface area contributed by atoms with Crippen LogP contribution in [0.25, 0.3) is 0 Å². The molecule has 2 saturated heterocycles. The number of hydrogen-bond donors (Lipinski definition) is 1. The molecule has 3 rings (SSSR count). The predicted molar refractivity (Wildman–Crippen MR) is 83.7 cm³/mol. The average molecular weight is 290 g/mol. The zero-order chi connectivity index (χ0) is 14.8. The van der Waals surface area contributed by atoms with Crippen molar-refractivity contribution in [1.29, 1.82) is 0 Å². The van der Waals surface area contributed by atoms with Crippen molar-refractivity contribution in [3.63, 3.8) is 0 Å². The number of piperazine rings is 1. The van der Waals surface area contributed by atoms with E-state index in [0.29, 0.717) is 12.6 Å². The van der Waals surface area contributed by atoms with Gasteiger partial charge in [0, 0.05) is 37.8 Å². The second-order valence-electron chi connectivity index (χ2n) is 6.35. The van der Waals surface area contributed by atoms with Crippen LogP contribution >= 0.6 is 0 Å². The number of benzene rings is 1. The normalized spacial score (nSPS) is 24.8. The maximum Gasteiger partial charge on any atom is 0.124 e. The Labute approximate surface area is 127 Å². The number of aliphatic hydroxyl groups excluding tert-OH is 1. The second kappa shape index (κ2) is 6.34.